The van der Waals surface area contributed by atoms with Crippen molar-refractivity contribution in [2.24, 2.45) is 5.92 Å². The molecule has 20 heavy (non-hydrogen) atoms. The molecule has 3 aliphatic rings. The average Bonchev–Trinajstić information content (AvgIpc) is 2.36. The molecule has 2 bridgehead atoms. The molecule has 0 heteroatoms. The second kappa shape index (κ2) is 4.22. The molecule has 0 atom stereocenters. The first kappa shape index (κ1) is 12.2. The Bertz CT molecular complexity index is 616. The van der Waals surface area contributed by atoms with Crippen LogP contribution in [0.4, 0.5) is 0 Å². The molecule has 0 amide bonds. The number of benzene rings is 2. The van der Waals surface area contributed by atoms with E-state index in [-0.39, 0.29) is 0 Å². The molecule has 2 aromatic carbocycles. The number of rotatable bonds is 3. The van der Waals surface area contributed by atoms with Gasteiger partial charge < -0.3 is 0 Å². The van der Waals surface area contributed by atoms with Gasteiger partial charge >= 0.3 is 0 Å². The molecule has 0 unspecified atom stereocenters. The summed E-state index contributed by atoms with van der Waals surface area (Å²) in [5.74, 6) is 1.65. The second-order valence-corrected chi connectivity index (χ2v) is 7.12. The summed E-state index contributed by atoms with van der Waals surface area (Å²) in [6.07, 6.45) is 4.32. The minimum atomic E-state index is 0.586. The van der Waals surface area contributed by atoms with Gasteiger partial charge in [0.2, 0.25) is 0 Å². The van der Waals surface area contributed by atoms with Gasteiger partial charge in [-0.05, 0) is 58.8 Å². The Morgan fingerprint density at radius 1 is 0.900 bits per heavy atom. The van der Waals surface area contributed by atoms with Crippen LogP contribution < -0.4 is 0 Å². The second-order valence-electron chi connectivity index (χ2n) is 7.12. The van der Waals surface area contributed by atoms with Crippen LogP contribution in [0.2, 0.25) is 0 Å². The maximum Gasteiger partial charge on any atom is -0.00390 e. The molecule has 3 aliphatic carbocycles. The molecular formula is C20H22. The Morgan fingerprint density at radius 2 is 1.60 bits per heavy atom. The van der Waals surface area contributed by atoms with E-state index in [9.17, 15) is 0 Å². The zero-order valence-electron chi connectivity index (χ0n) is 12.4. The smallest absolute Gasteiger partial charge is 0.00390 e. The third-order valence-electron chi connectivity index (χ3n) is 5.42. The van der Waals surface area contributed by atoms with Crippen LogP contribution in [0.15, 0.2) is 48.5 Å². The lowest BCUT2D eigenvalue weighted by Crippen LogP contribution is -2.55. The Kier molecular flexibility index (Phi) is 2.57. The summed E-state index contributed by atoms with van der Waals surface area (Å²) in [6, 6.07) is 18.3. The molecular weight excluding hydrogens is 240 g/mol. The molecule has 3 saturated carbocycles. The van der Waals surface area contributed by atoms with Crippen LogP contribution in [0.1, 0.15) is 50.2 Å². The van der Waals surface area contributed by atoms with Gasteiger partial charge in [0.25, 0.3) is 0 Å². The van der Waals surface area contributed by atoms with Gasteiger partial charge in [0.15, 0.2) is 0 Å². The summed E-state index contributed by atoms with van der Waals surface area (Å²) in [5, 5.41) is 0. The van der Waals surface area contributed by atoms with Gasteiger partial charge in [-0.2, -0.15) is 0 Å². The first-order chi connectivity index (χ1) is 9.66. The van der Waals surface area contributed by atoms with Crippen LogP contribution in [0.25, 0.3) is 11.1 Å². The van der Waals surface area contributed by atoms with Crippen LogP contribution in [0.3, 0.4) is 0 Å². The predicted octanol–water partition coefficient (Wildman–Crippen LogP) is 5.53. The molecule has 0 spiro atoms. The van der Waals surface area contributed by atoms with Crippen molar-refractivity contribution in [2.75, 3.05) is 0 Å². The largest absolute Gasteiger partial charge is 0.0614 e. The molecule has 0 nitrogen and oxygen atoms in total. The lowest BCUT2D eigenvalue weighted by atomic mass is 9.42. The fraction of sp³-hybridized carbons (Fsp3) is 0.400. The molecule has 2 aromatic rings. The third kappa shape index (κ3) is 1.74. The van der Waals surface area contributed by atoms with Gasteiger partial charge in [-0.1, -0.05) is 62.4 Å². The van der Waals surface area contributed by atoms with E-state index >= 15 is 0 Å². The van der Waals surface area contributed by atoms with E-state index in [0.29, 0.717) is 11.3 Å². The standard InChI is InChI=1S/C20H22/c1-14(2)17-4-3-5-18(10-17)16-6-8-19(9-7-16)20-11-15(12-20)13-20/h3-10,14-15H,11-13H2,1-2H3. The Balaban J connectivity index is 1.63. The summed E-state index contributed by atoms with van der Waals surface area (Å²) in [5.41, 5.74) is 6.28. The van der Waals surface area contributed by atoms with Crippen LogP contribution >= 0.6 is 0 Å². The molecule has 0 heterocycles. The SMILES string of the molecule is CC(C)c1cccc(-c2ccc(C34CC(C3)C4)cc2)c1. The van der Waals surface area contributed by atoms with Gasteiger partial charge in [-0.3, -0.25) is 0 Å². The highest BCUT2D eigenvalue weighted by molar-refractivity contribution is 5.65. The molecule has 5 rings (SSSR count). The molecule has 0 N–H and O–H groups in total. The van der Waals surface area contributed by atoms with Crippen molar-refractivity contribution >= 4 is 0 Å². The van der Waals surface area contributed by atoms with Crippen molar-refractivity contribution in [3.63, 3.8) is 0 Å². The number of hydrogen-bond donors (Lipinski definition) is 0. The Labute approximate surface area is 121 Å². The van der Waals surface area contributed by atoms with Gasteiger partial charge in [-0.25, -0.2) is 0 Å². The van der Waals surface area contributed by atoms with Crippen molar-refractivity contribution in [3.8, 4) is 11.1 Å². The normalized spacial score (nSPS) is 27.1. The molecule has 0 aliphatic heterocycles. The molecule has 0 saturated heterocycles. The van der Waals surface area contributed by atoms with Crippen molar-refractivity contribution < 1.29 is 0 Å². The topological polar surface area (TPSA) is 0 Å². The van der Waals surface area contributed by atoms with Gasteiger partial charge in [0, 0.05) is 0 Å². The summed E-state index contributed by atoms with van der Waals surface area (Å²) in [4.78, 5) is 0. The highest BCUT2D eigenvalue weighted by atomic mass is 14.6. The monoisotopic (exact) mass is 262 g/mol. The Hall–Kier alpha value is -1.56. The van der Waals surface area contributed by atoms with E-state index in [1.165, 1.54) is 36.0 Å². The van der Waals surface area contributed by atoms with E-state index in [2.05, 4.69) is 62.4 Å². The lowest BCUT2D eigenvalue weighted by Gasteiger charge is -2.62. The van der Waals surface area contributed by atoms with Crippen LogP contribution in [-0.4, -0.2) is 0 Å². The quantitative estimate of drug-likeness (QED) is 0.682. The average molecular weight is 262 g/mol. The van der Waals surface area contributed by atoms with Crippen LogP contribution in [0.5, 0.6) is 0 Å². The highest BCUT2D eigenvalue weighted by Crippen LogP contribution is 2.65. The molecule has 3 fully saturated rings. The maximum absolute atomic E-state index is 2.37. The van der Waals surface area contributed by atoms with Crippen LogP contribution in [-0.2, 0) is 5.41 Å². The maximum atomic E-state index is 2.37. The zero-order chi connectivity index (χ0) is 13.7. The summed E-state index contributed by atoms with van der Waals surface area (Å²) >= 11 is 0. The van der Waals surface area contributed by atoms with E-state index in [1.54, 1.807) is 5.56 Å². The summed E-state index contributed by atoms with van der Waals surface area (Å²) < 4.78 is 0. The van der Waals surface area contributed by atoms with Crippen LogP contribution in [0, 0.1) is 5.92 Å². The first-order valence-electron chi connectivity index (χ1n) is 7.87. The van der Waals surface area contributed by atoms with Crippen molar-refractivity contribution in [1.82, 2.24) is 0 Å². The molecule has 0 aromatic heterocycles. The fourth-order valence-corrected chi connectivity index (χ4v) is 3.93. The van der Waals surface area contributed by atoms with Gasteiger partial charge in [0.05, 0.1) is 0 Å². The van der Waals surface area contributed by atoms with Crippen molar-refractivity contribution in [1.29, 1.82) is 0 Å². The highest BCUT2D eigenvalue weighted by Gasteiger charge is 2.57. The van der Waals surface area contributed by atoms with E-state index in [0.717, 1.165) is 5.92 Å². The summed E-state index contributed by atoms with van der Waals surface area (Å²) in [6.45, 7) is 4.51. The minimum absolute atomic E-state index is 0.586. The first-order valence-corrected chi connectivity index (χ1v) is 7.87. The molecule has 102 valence electrons. The lowest BCUT2D eigenvalue weighted by molar-refractivity contribution is -0.0273. The van der Waals surface area contributed by atoms with E-state index < -0.39 is 0 Å². The van der Waals surface area contributed by atoms with Crippen molar-refractivity contribution in [2.45, 2.75) is 44.4 Å². The Morgan fingerprint density at radius 3 is 2.15 bits per heavy atom. The number of hydrogen-bond acceptors (Lipinski definition) is 0. The fourth-order valence-electron chi connectivity index (χ4n) is 3.93. The molecule has 0 radical (unpaired) electrons. The third-order valence-corrected chi connectivity index (χ3v) is 5.42. The van der Waals surface area contributed by atoms with Gasteiger partial charge in [-0.15, -0.1) is 0 Å². The van der Waals surface area contributed by atoms with E-state index in [1.807, 2.05) is 0 Å². The zero-order valence-corrected chi connectivity index (χ0v) is 12.4. The van der Waals surface area contributed by atoms with Gasteiger partial charge in [0.1, 0.15) is 0 Å². The van der Waals surface area contributed by atoms with E-state index in [4.69, 9.17) is 0 Å². The van der Waals surface area contributed by atoms with Crippen molar-refractivity contribution in [3.05, 3.63) is 59.7 Å². The predicted molar refractivity (Wildman–Crippen MR) is 85.0 cm³/mol. The summed E-state index contributed by atoms with van der Waals surface area (Å²) in [7, 11) is 0. The minimum Gasteiger partial charge on any atom is -0.0614 e.